The maximum absolute atomic E-state index is 11.6. The smallest absolute Gasteiger partial charge is 0.230 e. The molecule has 1 atom stereocenters. The number of carbonyl (C=O) groups is 1. The number of nitrogens with zero attached hydrogens (tertiary/aromatic N) is 4. The van der Waals surface area contributed by atoms with Crippen molar-refractivity contribution >= 4 is 23.6 Å². The Bertz CT molecular complexity index is 756. The molecule has 2 aromatic rings. The highest BCUT2D eigenvalue weighted by atomic mass is 35.5. The quantitative estimate of drug-likeness (QED) is 0.819. The van der Waals surface area contributed by atoms with Crippen LogP contribution >= 0.6 is 11.6 Å². The van der Waals surface area contributed by atoms with E-state index in [9.17, 15) is 9.90 Å². The van der Waals surface area contributed by atoms with E-state index in [4.69, 9.17) is 16.3 Å². The second-order valence-corrected chi connectivity index (χ2v) is 6.39. The second kappa shape index (κ2) is 7.33. The molecular weight excluding hydrogens is 344 g/mol. The van der Waals surface area contributed by atoms with Gasteiger partial charge in [-0.15, -0.1) is 5.10 Å². The number of aromatic nitrogens is 2. The van der Waals surface area contributed by atoms with Gasteiger partial charge >= 0.3 is 0 Å². The van der Waals surface area contributed by atoms with Crippen molar-refractivity contribution in [3.63, 3.8) is 0 Å². The molecule has 1 unspecified atom stereocenters. The number of carbonyl (C=O) groups excluding carboxylic acids is 1. The van der Waals surface area contributed by atoms with Crippen LogP contribution in [0, 0.1) is 6.92 Å². The molecule has 8 heteroatoms. The molecule has 1 N–H and O–H groups in total. The van der Waals surface area contributed by atoms with Crippen LogP contribution in [0.5, 0.6) is 11.6 Å². The molecule has 0 amide bonds. The van der Waals surface area contributed by atoms with Crippen LogP contribution in [-0.4, -0.2) is 59.4 Å². The lowest BCUT2D eigenvalue weighted by Gasteiger charge is -2.38. The largest absolute Gasteiger partial charge is 0.495 e. The van der Waals surface area contributed by atoms with E-state index in [0.717, 1.165) is 30.8 Å². The van der Waals surface area contributed by atoms with E-state index < -0.39 is 6.17 Å². The molecule has 25 heavy (non-hydrogen) atoms. The minimum absolute atomic E-state index is 0.0729. The number of aryl methyl sites for hydroxylation is 1. The fraction of sp³-hybridized carbons (Fsp3) is 0.412. The molecule has 134 valence electrons. The molecule has 2 heterocycles. The SMILES string of the molecule is COc1cc(N2CCN(C(C=O)n3nc(O)cc3C)CC2)ccc1Cl. The van der Waals surface area contributed by atoms with Crippen molar-refractivity contribution in [2.75, 3.05) is 38.2 Å². The third-order valence-corrected chi connectivity index (χ3v) is 4.78. The van der Waals surface area contributed by atoms with Gasteiger partial charge < -0.3 is 14.7 Å². The predicted octanol–water partition coefficient (Wildman–Crippen LogP) is 2.08. The van der Waals surface area contributed by atoms with E-state index in [-0.39, 0.29) is 5.88 Å². The average Bonchev–Trinajstić information content (AvgIpc) is 2.95. The molecule has 1 aliphatic heterocycles. The van der Waals surface area contributed by atoms with Crippen molar-refractivity contribution in [3.05, 3.63) is 35.0 Å². The third-order valence-electron chi connectivity index (χ3n) is 4.47. The lowest BCUT2D eigenvalue weighted by molar-refractivity contribution is -0.116. The fourth-order valence-corrected chi connectivity index (χ4v) is 3.32. The molecule has 1 saturated heterocycles. The van der Waals surface area contributed by atoms with Crippen molar-refractivity contribution in [3.8, 4) is 11.6 Å². The fourth-order valence-electron chi connectivity index (χ4n) is 3.13. The van der Waals surface area contributed by atoms with E-state index in [0.29, 0.717) is 23.9 Å². The minimum Gasteiger partial charge on any atom is -0.495 e. The molecule has 7 nitrogen and oxygen atoms in total. The highest BCUT2D eigenvalue weighted by Gasteiger charge is 2.27. The van der Waals surface area contributed by atoms with Crippen LogP contribution in [0.3, 0.4) is 0 Å². The zero-order valence-electron chi connectivity index (χ0n) is 14.2. The minimum atomic E-state index is -0.511. The van der Waals surface area contributed by atoms with Crippen LogP contribution < -0.4 is 9.64 Å². The number of benzene rings is 1. The highest BCUT2D eigenvalue weighted by Crippen LogP contribution is 2.30. The van der Waals surface area contributed by atoms with Gasteiger partial charge in [-0.2, -0.15) is 0 Å². The topological polar surface area (TPSA) is 70.8 Å². The van der Waals surface area contributed by atoms with E-state index in [1.54, 1.807) is 17.9 Å². The Kier molecular flexibility index (Phi) is 5.15. The Balaban J connectivity index is 1.70. The number of ether oxygens (including phenoxy) is 1. The Morgan fingerprint density at radius 1 is 1.28 bits per heavy atom. The Labute approximate surface area is 151 Å². The van der Waals surface area contributed by atoms with Crippen LogP contribution in [0.1, 0.15) is 11.9 Å². The number of aromatic hydroxyl groups is 1. The van der Waals surface area contributed by atoms with Gasteiger partial charge in [-0.05, 0) is 19.1 Å². The maximum Gasteiger partial charge on any atom is 0.230 e. The zero-order chi connectivity index (χ0) is 18.0. The van der Waals surface area contributed by atoms with Gasteiger partial charge in [0.1, 0.15) is 5.75 Å². The molecule has 0 aliphatic carbocycles. The summed E-state index contributed by atoms with van der Waals surface area (Å²) in [5.74, 6) is 0.575. The van der Waals surface area contributed by atoms with Gasteiger partial charge in [0.05, 0.1) is 12.1 Å². The Hall–Kier alpha value is -2.25. The molecule has 1 aliphatic rings. The van der Waals surface area contributed by atoms with E-state index in [2.05, 4.69) is 14.9 Å². The number of aldehydes is 1. The van der Waals surface area contributed by atoms with Crippen molar-refractivity contribution in [1.29, 1.82) is 0 Å². The Morgan fingerprint density at radius 3 is 2.56 bits per heavy atom. The molecule has 0 radical (unpaired) electrons. The number of piperazine rings is 1. The molecule has 3 rings (SSSR count). The van der Waals surface area contributed by atoms with Crippen molar-refractivity contribution in [2.24, 2.45) is 0 Å². The molecule has 0 bridgehead atoms. The number of anilines is 1. The van der Waals surface area contributed by atoms with E-state index in [1.165, 1.54) is 0 Å². The van der Waals surface area contributed by atoms with Crippen LogP contribution in [0.15, 0.2) is 24.3 Å². The van der Waals surface area contributed by atoms with Crippen molar-refractivity contribution < 1.29 is 14.6 Å². The van der Waals surface area contributed by atoms with Gasteiger partial charge in [-0.1, -0.05) is 11.6 Å². The monoisotopic (exact) mass is 364 g/mol. The summed E-state index contributed by atoms with van der Waals surface area (Å²) in [7, 11) is 1.60. The first-order chi connectivity index (χ1) is 12.0. The third kappa shape index (κ3) is 3.57. The van der Waals surface area contributed by atoms with Crippen LogP contribution in [0.2, 0.25) is 5.02 Å². The average molecular weight is 365 g/mol. The summed E-state index contributed by atoms with van der Waals surface area (Å²) >= 11 is 6.08. The molecule has 1 aromatic heterocycles. The zero-order valence-corrected chi connectivity index (χ0v) is 15.0. The van der Waals surface area contributed by atoms with E-state index >= 15 is 0 Å². The number of hydrogen-bond acceptors (Lipinski definition) is 6. The standard InChI is InChI=1S/C17H21ClN4O3/c1-12-9-16(24)19-22(12)17(11-23)21-7-5-20(6-8-21)13-3-4-14(18)15(10-13)25-2/h3-4,9-11,17H,5-8H2,1-2H3,(H,19,24). The summed E-state index contributed by atoms with van der Waals surface area (Å²) in [6.07, 6.45) is 0.350. The van der Waals surface area contributed by atoms with Gasteiger partial charge in [0.2, 0.25) is 5.88 Å². The van der Waals surface area contributed by atoms with E-state index in [1.807, 2.05) is 25.1 Å². The number of methoxy groups -OCH3 is 1. The normalized spacial score (nSPS) is 16.7. The van der Waals surface area contributed by atoms with Crippen LogP contribution in [-0.2, 0) is 4.79 Å². The van der Waals surface area contributed by atoms with Crippen LogP contribution in [0.25, 0.3) is 0 Å². The summed E-state index contributed by atoms with van der Waals surface area (Å²) < 4.78 is 6.83. The lowest BCUT2D eigenvalue weighted by atomic mass is 10.2. The van der Waals surface area contributed by atoms with Gasteiger partial charge in [-0.3, -0.25) is 9.69 Å². The highest BCUT2D eigenvalue weighted by molar-refractivity contribution is 6.32. The summed E-state index contributed by atoms with van der Waals surface area (Å²) in [6.45, 7) is 4.76. The summed E-state index contributed by atoms with van der Waals surface area (Å²) in [5.41, 5.74) is 1.79. The molecule has 0 saturated carbocycles. The van der Waals surface area contributed by atoms with Gasteiger partial charge in [0, 0.05) is 49.7 Å². The maximum atomic E-state index is 11.6. The summed E-state index contributed by atoms with van der Waals surface area (Å²) in [5, 5.41) is 14.1. The first-order valence-electron chi connectivity index (χ1n) is 8.06. The van der Waals surface area contributed by atoms with Gasteiger partial charge in [0.15, 0.2) is 12.5 Å². The lowest BCUT2D eigenvalue weighted by Crippen LogP contribution is -2.49. The number of hydrogen-bond donors (Lipinski definition) is 1. The van der Waals surface area contributed by atoms with Crippen molar-refractivity contribution in [2.45, 2.75) is 13.1 Å². The molecule has 1 aromatic carbocycles. The number of halogens is 1. The summed E-state index contributed by atoms with van der Waals surface area (Å²) in [6, 6.07) is 7.26. The first kappa shape index (κ1) is 17.6. The Morgan fingerprint density at radius 2 is 2.00 bits per heavy atom. The predicted molar refractivity (Wildman–Crippen MR) is 95.5 cm³/mol. The molecule has 1 fully saturated rings. The second-order valence-electron chi connectivity index (χ2n) is 5.98. The first-order valence-corrected chi connectivity index (χ1v) is 8.44. The molecule has 0 spiro atoms. The number of rotatable bonds is 5. The van der Waals surface area contributed by atoms with Crippen molar-refractivity contribution in [1.82, 2.24) is 14.7 Å². The van der Waals surface area contributed by atoms with Gasteiger partial charge in [-0.25, -0.2) is 4.68 Å². The van der Waals surface area contributed by atoms with Gasteiger partial charge in [0.25, 0.3) is 0 Å². The van der Waals surface area contributed by atoms with Crippen LogP contribution in [0.4, 0.5) is 5.69 Å². The summed E-state index contributed by atoms with van der Waals surface area (Å²) in [4.78, 5) is 15.9. The molecular formula is C17H21ClN4O3.